The number of methoxy groups -OCH3 is 1. The van der Waals surface area contributed by atoms with Crippen molar-refractivity contribution in [2.24, 2.45) is 5.92 Å². The Morgan fingerprint density at radius 2 is 2.33 bits per heavy atom. The van der Waals surface area contributed by atoms with E-state index < -0.39 is 11.9 Å². The minimum Gasteiger partial charge on any atom is -0.468 e. The Hall–Kier alpha value is -1.32. The number of carbonyl (C=O) groups excluding carboxylic acids is 2. The third kappa shape index (κ3) is 1.20. The van der Waals surface area contributed by atoms with Gasteiger partial charge in [0.05, 0.1) is 7.11 Å². The Morgan fingerprint density at radius 3 is 2.67 bits per heavy atom. The maximum absolute atomic E-state index is 11.2. The summed E-state index contributed by atoms with van der Waals surface area (Å²) in [7, 11) is 2.94. The van der Waals surface area contributed by atoms with Gasteiger partial charge in [-0.15, -0.1) is 0 Å². The van der Waals surface area contributed by atoms with Gasteiger partial charge < -0.3 is 9.64 Å². The normalized spacial score (nSPS) is 23.2. The fourth-order valence-corrected chi connectivity index (χ4v) is 1.22. The fourth-order valence-electron chi connectivity index (χ4n) is 1.22. The van der Waals surface area contributed by atoms with Crippen molar-refractivity contribution in [3.8, 4) is 0 Å². The van der Waals surface area contributed by atoms with E-state index in [0.29, 0.717) is 12.1 Å². The monoisotopic (exact) mass is 169 g/mol. The summed E-state index contributed by atoms with van der Waals surface area (Å²) in [6.07, 6.45) is 0. The number of likely N-dealkylation sites (N-methyl/N-ethyl adjacent to an activating group) is 1. The van der Waals surface area contributed by atoms with Gasteiger partial charge in [-0.25, -0.2) is 0 Å². The van der Waals surface area contributed by atoms with E-state index >= 15 is 0 Å². The number of likely N-dealkylation sites (tertiary alicyclic amines) is 1. The van der Waals surface area contributed by atoms with Crippen LogP contribution in [0.25, 0.3) is 0 Å². The molecule has 66 valence electrons. The zero-order valence-corrected chi connectivity index (χ0v) is 7.16. The van der Waals surface area contributed by atoms with Crippen LogP contribution in [0.5, 0.6) is 0 Å². The Bertz CT molecular complexity index is 247. The number of ether oxygens (including phenoxy) is 1. The molecular formula is C8H11NO3. The van der Waals surface area contributed by atoms with Gasteiger partial charge in [-0.3, -0.25) is 9.59 Å². The average molecular weight is 169 g/mol. The first-order chi connectivity index (χ1) is 5.57. The van der Waals surface area contributed by atoms with Crippen molar-refractivity contribution in [3.63, 3.8) is 0 Å². The van der Waals surface area contributed by atoms with Gasteiger partial charge in [0.25, 0.3) is 0 Å². The highest BCUT2D eigenvalue weighted by molar-refractivity contribution is 6.01. The quantitative estimate of drug-likeness (QED) is 0.403. The molecule has 4 heteroatoms. The number of carbonyl (C=O) groups is 2. The second kappa shape index (κ2) is 2.97. The van der Waals surface area contributed by atoms with Crippen LogP contribution in [0.2, 0.25) is 0 Å². The lowest BCUT2D eigenvalue weighted by molar-refractivity contribution is -0.143. The molecule has 0 N–H and O–H groups in total. The highest BCUT2D eigenvalue weighted by atomic mass is 16.5. The molecule has 0 radical (unpaired) electrons. The number of esters is 1. The van der Waals surface area contributed by atoms with Gasteiger partial charge in [0.15, 0.2) is 0 Å². The number of amides is 1. The first-order valence-electron chi connectivity index (χ1n) is 3.60. The number of hydrogen-bond donors (Lipinski definition) is 0. The lowest BCUT2D eigenvalue weighted by Gasteiger charge is -2.06. The van der Waals surface area contributed by atoms with Gasteiger partial charge in [-0.1, -0.05) is 6.58 Å². The SMILES string of the molecule is C=C1C(=O)N(C)CC1C(=O)OC. The van der Waals surface area contributed by atoms with Gasteiger partial charge >= 0.3 is 5.97 Å². The number of hydrogen-bond acceptors (Lipinski definition) is 3. The van der Waals surface area contributed by atoms with Crippen LogP contribution < -0.4 is 0 Å². The summed E-state index contributed by atoms with van der Waals surface area (Å²) in [5, 5.41) is 0. The van der Waals surface area contributed by atoms with E-state index in [1.54, 1.807) is 7.05 Å². The molecule has 4 nitrogen and oxygen atoms in total. The lowest BCUT2D eigenvalue weighted by Crippen LogP contribution is -2.21. The summed E-state index contributed by atoms with van der Waals surface area (Å²) in [6.45, 7) is 3.92. The molecule has 1 fully saturated rings. The fraction of sp³-hybridized carbons (Fsp3) is 0.500. The Morgan fingerprint density at radius 1 is 1.75 bits per heavy atom. The van der Waals surface area contributed by atoms with Crippen molar-refractivity contribution >= 4 is 11.9 Å². The van der Waals surface area contributed by atoms with Crippen LogP contribution in [0, 0.1) is 5.92 Å². The van der Waals surface area contributed by atoms with Crippen molar-refractivity contribution in [3.05, 3.63) is 12.2 Å². The molecule has 0 aromatic carbocycles. The summed E-state index contributed by atoms with van der Waals surface area (Å²) < 4.78 is 4.52. The van der Waals surface area contributed by atoms with E-state index in [2.05, 4.69) is 11.3 Å². The van der Waals surface area contributed by atoms with E-state index in [1.165, 1.54) is 12.0 Å². The van der Waals surface area contributed by atoms with Gasteiger partial charge in [0.1, 0.15) is 5.92 Å². The van der Waals surface area contributed by atoms with Crippen molar-refractivity contribution in [1.29, 1.82) is 0 Å². The summed E-state index contributed by atoms with van der Waals surface area (Å²) in [5.74, 6) is -1.05. The summed E-state index contributed by atoms with van der Waals surface area (Å²) in [6, 6.07) is 0. The first-order valence-corrected chi connectivity index (χ1v) is 3.60. The van der Waals surface area contributed by atoms with Gasteiger partial charge in [-0.05, 0) is 0 Å². The lowest BCUT2D eigenvalue weighted by atomic mass is 10.1. The highest BCUT2D eigenvalue weighted by Gasteiger charge is 2.36. The van der Waals surface area contributed by atoms with Crippen LogP contribution in [0.15, 0.2) is 12.2 Å². The molecule has 12 heavy (non-hydrogen) atoms. The van der Waals surface area contributed by atoms with E-state index in [4.69, 9.17) is 0 Å². The molecule has 0 aromatic rings. The molecule has 1 saturated heterocycles. The zero-order chi connectivity index (χ0) is 9.30. The number of nitrogens with zero attached hydrogens (tertiary/aromatic N) is 1. The summed E-state index contributed by atoms with van der Waals surface area (Å²) in [4.78, 5) is 23.7. The molecule has 1 unspecified atom stereocenters. The highest BCUT2D eigenvalue weighted by Crippen LogP contribution is 2.21. The van der Waals surface area contributed by atoms with Crippen molar-refractivity contribution in [2.45, 2.75) is 0 Å². The van der Waals surface area contributed by atoms with Crippen molar-refractivity contribution in [1.82, 2.24) is 4.90 Å². The molecule has 0 aliphatic carbocycles. The molecule has 0 spiro atoms. The van der Waals surface area contributed by atoms with Gasteiger partial charge in [-0.2, -0.15) is 0 Å². The molecule has 1 amide bonds. The second-order valence-electron chi connectivity index (χ2n) is 2.79. The van der Waals surface area contributed by atoms with Crippen LogP contribution in [-0.2, 0) is 14.3 Å². The van der Waals surface area contributed by atoms with Crippen LogP contribution >= 0.6 is 0 Å². The Kier molecular flexibility index (Phi) is 2.17. The Labute approximate surface area is 70.8 Å². The van der Waals surface area contributed by atoms with Crippen molar-refractivity contribution < 1.29 is 14.3 Å². The topological polar surface area (TPSA) is 46.6 Å². The first kappa shape index (κ1) is 8.77. The smallest absolute Gasteiger partial charge is 0.315 e. The molecule has 0 saturated carbocycles. The molecule has 1 aliphatic rings. The molecule has 1 aliphatic heterocycles. The molecular weight excluding hydrogens is 158 g/mol. The maximum atomic E-state index is 11.2. The maximum Gasteiger partial charge on any atom is 0.315 e. The predicted molar refractivity (Wildman–Crippen MR) is 42.3 cm³/mol. The van der Waals surface area contributed by atoms with Crippen LogP contribution in [-0.4, -0.2) is 37.5 Å². The molecule has 0 bridgehead atoms. The minimum atomic E-state index is -0.479. The standard InChI is InChI=1S/C8H11NO3/c1-5-6(8(11)12-3)4-9(2)7(5)10/h6H,1,4H2,2-3H3. The minimum absolute atomic E-state index is 0.176. The third-order valence-electron chi connectivity index (χ3n) is 1.98. The van der Waals surface area contributed by atoms with E-state index in [9.17, 15) is 9.59 Å². The summed E-state index contributed by atoms with van der Waals surface area (Å²) in [5.41, 5.74) is 0.323. The molecule has 1 heterocycles. The van der Waals surface area contributed by atoms with Crippen LogP contribution in [0.1, 0.15) is 0 Å². The van der Waals surface area contributed by atoms with E-state index in [1.807, 2.05) is 0 Å². The predicted octanol–water partition coefficient (Wildman–Crippen LogP) is -0.196. The van der Waals surface area contributed by atoms with E-state index in [-0.39, 0.29) is 5.91 Å². The average Bonchev–Trinajstić information content (AvgIpc) is 2.32. The molecule has 0 aromatic heterocycles. The largest absolute Gasteiger partial charge is 0.468 e. The molecule has 1 atom stereocenters. The second-order valence-corrected chi connectivity index (χ2v) is 2.79. The van der Waals surface area contributed by atoms with Gasteiger partial charge in [0.2, 0.25) is 5.91 Å². The summed E-state index contributed by atoms with van der Waals surface area (Å²) >= 11 is 0. The van der Waals surface area contributed by atoms with Crippen LogP contribution in [0.4, 0.5) is 0 Å². The number of rotatable bonds is 1. The zero-order valence-electron chi connectivity index (χ0n) is 7.16. The third-order valence-corrected chi connectivity index (χ3v) is 1.98. The van der Waals surface area contributed by atoms with Gasteiger partial charge in [0, 0.05) is 19.2 Å². The molecule has 1 rings (SSSR count). The Balaban J connectivity index is 2.78. The van der Waals surface area contributed by atoms with E-state index in [0.717, 1.165) is 0 Å². The van der Waals surface area contributed by atoms with Crippen molar-refractivity contribution in [2.75, 3.05) is 20.7 Å². The van der Waals surface area contributed by atoms with Crippen LogP contribution in [0.3, 0.4) is 0 Å².